The lowest BCUT2D eigenvalue weighted by Crippen LogP contribution is -2.50. The van der Waals surface area contributed by atoms with Gasteiger partial charge in [-0.25, -0.2) is 9.18 Å². The van der Waals surface area contributed by atoms with Gasteiger partial charge in [0.15, 0.2) is 0 Å². The van der Waals surface area contributed by atoms with E-state index in [2.05, 4.69) is 22.3 Å². The van der Waals surface area contributed by atoms with E-state index in [1.54, 1.807) is 49.8 Å². The molecule has 0 bridgehead atoms. The number of fused-ring (bicyclic) bond motifs is 1. The second kappa shape index (κ2) is 9.47. The molecular formula is C27H25FN4O4. The number of benzene rings is 2. The number of halogens is 1. The minimum Gasteiger partial charge on any atom is -0.489 e. The average molecular weight is 489 g/mol. The average Bonchev–Trinajstić information content (AvgIpc) is 3.29. The Morgan fingerprint density at radius 2 is 2.03 bits per heavy atom. The summed E-state index contributed by atoms with van der Waals surface area (Å²) >= 11 is 0. The molecule has 9 heteroatoms. The topological polar surface area (TPSA) is 96.7 Å². The van der Waals surface area contributed by atoms with Crippen molar-refractivity contribution in [3.05, 3.63) is 77.4 Å². The fraction of sp³-hybridized carbons (Fsp3) is 0.296. The second-order valence-corrected chi connectivity index (χ2v) is 9.12. The van der Waals surface area contributed by atoms with Gasteiger partial charge >= 0.3 is 6.03 Å². The zero-order chi connectivity index (χ0) is 25.3. The number of carbonyl (C=O) groups is 2. The summed E-state index contributed by atoms with van der Waals surface area (Å²) < 4.78 is 20.1. The summed E-state index contributed by atoms with van der Waals surface area (Å²) in [6.45, 7) is -0.0452. The van der Waals surface area contributed by atoms with Crippen LogP contribution >= 0.6 is 0 Å². The van der Waals surface area contributed by atoms with Crippen LogP contribution in [-0.2, 0) is 11.2 Å². The lowest BCUT2D eigenvalue weighted by molar-refractivity contribution is -0.120. The van der Waals surface area contributed by atoms with E-state index in [4.69, 9.17) is 4.74 Å². The number of nitrogens with zero attached hydrogens (tertiary/aromatic N) is 3. The standard InChI is InChI=1S/C27H25FN4O4/c1-31-23-14-19(9-12-27(35)10-2-11-27)5-8-24(23)36-17-22(25(31)33)30-26(34)32-16-20(15-29-32)13-18-3-6-21(28)7-4-18/h3-8,14-16,22,35H,2,10-11,13,17H2,1H3,(H,30,34). The van der Waals surface area contributed by atoms with Crippen LogP contribution in [-0.4, -0.2) is 52.1 Å². The van der Waals surface area contributed by atoms with Crippen LogP contribution in [0.2, 0.25) is 0 Å². The SMILES string of the molecule is CN1C(=O)C(NC(=O)n2cc(Cc3ccc(F)cc3)cn2)COc2ccc(C#CC3(O)CCC3)cc21. The van der Waals surface area contributed by atoms with Gasteiger partial charge in [0.2, 0.25) is 0 Å². The Bertz CT molecular complexity index is 1370. The molecule has 2 amide bonds. The van der Waals surface area contributed by atoms with Crippen LogP contribution in [0.1, 0.15) is 36.0 Å². The molecule has 2 aromatic carbocycles. The van der Waals surface area contributed by atoms with Crippen LogP contribution in [0.4, 0.5) is 14.9 Å². The van der Waals surface area contributed by atoms with E-state index in [1.165, 1.54) is 17.0 Å². The Balaban J connectivity index is 1.26. The van der Waals surface area contributed by atoms with E-state index in [0.29, 0.717) is 36.3 Å². The van der Waals surface area contributed by atoms with Gasteiger partial charge in [-0.15, -0.1) is 0 Å². The maximum absolute atomic E-state index is 13.1. The van der Waals surface area contributed by atoms with E-state index in [0.717, 1.165) is 22.2 Å². The van der Waals surface area contributed by atoms with Crippen molar-refractivity contribution in [2.24, 2.45) is 0 Å². The van der Waals surface area contributed by atoms with Crippen LogP contribution in [0.25, 0.3) is 0 Å². The summed E-state index contributed by atoms with van der Waals surface area (Å²) in [6.07, 6.45) is 5.90. The number of ether oxygens (including phenoxy) is 1. The highest BCUT2D eigenvalue weighted by atomic mass is 19.1. The summed E-state index contributed by atoms with van der Waals surface area (Å²) in [4.78, 5) is 27.4. The molecule has 2 N–H and O–H groups in total. The van der Waals surface area contributed by atoms with Crippen molar-refractivity contribution in [1.29, 1.82) is 0 Å². The Kier molecular flexibility index (Phi) is 6.20. The van der Waals surface area contributed by atoms with E-state index in [9.17, 15) is 19.1 Å². The molecule has 0 spiro atoms. The molecule has 36 heavy (non-hydrogen) atoms. The summed E-state index contributed by atoms with van der Waals surface area (Å²) in [6, 6.07) is 9.86. The number of anilines is 1. The predicted molar refractivity (Wildman–Crippen MR) is 130 cm³/mol. The fourth-order valence-electron chi connectivity index (χ4n) is 4.12. The van der Waals surface area contributed by atoms with Gasteiger partial charge < -0.3 is 20.1 Å². The van der Waals surface area contributed by atoms with Crippen molar-refractivity contribution in [2.75, 3.05) is 18.6 Å². The van der Waals surface area contributed by atoms with E-state index in [-0.39, 0.29) is 18.3 Å². The zero-order valence-corrected chi connectivity index (χ0v) is 19.7. The van der Waals surface area contributed by atoms with Gasteiger partial charge in [-0.3, -0.25) is 4.79 Å². The van der Waals surface area contributed by atoms with Crippen molar-refractivity contribution in [3.8, 4) is 17.6 Å². The van der Waals surface area contributed by atoms with Gasteiger partial charge in [-0.1, -0.05) is 24.0 Å². The molecule has 5 rings (SSSR count). The maximum Gasteiger partial charge on any atom is 0.342 e. The number of likely N-dealkylation sites (N-methyl/N-ethyl adjacent to an activating group) is 1. The van der Waals surface area contributed by atoms with Crippen molar-refractivity contribution in [3.63, 3.8) is 0 Å². The van der Waals surface area contributed by atoms with Crippen LogP contribution < -0.4 is 15.0 Å². The van der Waals surface area contributed by atoms with Gasteiger partial charge in [0.1, 0.15) is 29.8 Å². The van der Waals surface area contributed by atoms with Crippen LogP contribution in [0.3, 0.4) is 0 Å². The number of rotatable bonds is 3. The minimum absolute atomic E-state index is 0.0452. The van der Waals surface area contributed by atoms with Gasteiger partial charge in [0.25, 0.3) is 5.91 Å². The zero-order valence-electron chi connectivity index (χ0n) is 19.7. The summed E-state index contributed by atoms with van der Waals surface area (Å²) in [5, 5.41) is 17.0. The van der Waals surface area contributed by atoms with Crippen LogP contribution in [0, 0.1) is 17.7 Å². The number of amides is 2. The third kappa shape index (κ3) is 4.95. The maximum atomic E-state index is 13.1. The molecule has 1 aliphatic carbocycles. The molecule has 3 aromatic rings. The first-order valence-corrected chi connectivity index (χ1v) is 11.7. The first-order valence-electron chi connectivity index (χ1n) is 11.7. The lowest BCUT2D eigenvalue weighted by Gasteiger charge is -2.30. The molecule has 2 heterocycles. The number of aromatic nitrogens is 2. The van der Waals surface area contributed by atoms with E-state index >= 15 is 0 Å². The third-order valence-corrected chi connectivity index (χ3v) is 6.44. The van der Waals surface area contributed by atoms with Crippen LogP contribution in [0.15, 0.2) is 54.9 Å². The molecular weight excluding hydrogens is 463 g/mol. The quantitative estimate of drug-likeness (QED) is 0.553. The highest BCUT2D eigenvalue weighted by molar-refractivity contribution is 6.00. The Labute approximate surface area is 207 Å². The highest BCUT2D eigenvalue weighted by Crippen LogP contribution is 2.33. The third-order valence-electron chi connectivity index (χ3n) is 6.44. The molecule has 1 fully saturated rings. The van der Waals surface area contributed by atoms with Gasteiger partial charge in [-0.2, -0.15) is 9.78 Å². The van der Waals surface area contributed by atoms with Crippen molar-refractivity contribution < 1.29 is 23.8 Å². The van der Waals surface area contributed by atoms with Crippen molar-refractivity contribution in [2.45, 2.75) is 37.3 Å². The van der Waals surface area contributed by atoms with Gasteiger partial charge in [0, 0.05) is 25.2 Å². The first-order chi connectivity index (χ1) is 17.3. The van der Waals surface area contributed by atoms with Crippen molar-refractivity contribution in [1.82, 2.24) is 15.1 Å². The normalized spacial score (nSPS) is 18.1. The molecule has 0 radical (unpaired) electrons. The number of nitrogens with one attached hydrogen (secondary N) is 1. The summed E-state index contributed by atoms with van der Waals surface area (Å²) in [5.74, 6) is 5.74. The molecule has 0 saturated heterocycles. The van der Waals surface area contributed by atoms with E-state index in [1.807, 2.05) is 0 Å². The lowest BCUT2D eigenvalue weighted by atomic mass is 9.81. The van der Waals surface area contributed by atoms with Gasteiger partial charge in [-0.05, 0) is 60.7 Å². The first kappa shape index (κ1) is 23.6. The molecule has 1 unspecified atom stereocenters. The Morgan fingerprint density at radius 3 is 2.75 bits per heavy atom. The van der Waals surface area contributed by atoms with Gasteiger partial charge in [0.05, 0.1) is 11.9 Å². The van der Waals surface area contributed by atoms with Crippen molar-refractivity contribution >= 4 is 17.6 Å². The molecule has 8 nitrogen and oxygen atoms in total. The molecule has 1 atom stereocenters. The van der Waals surface area contributed by atoms with E-state index < -0.39 is 17.7 Å². The Morgan fingerprint density at radius 1 is 1.25 bits per heavy atom. The summed E-state index contributed by atoms with van der Waals surface area (Å²) in [5.41, 5.74) is 1.92. The molecule has 1 aliphatic heterocycles. The monoisotopic (exact) mass is 488 g/mol. The number of carbonyl (C=O) groups excluding carboxylic acids is 2. The highest BCUT2D eigenvalue weighted by Gasteiger charge is 2.33. The molecule has 1 aromatic heterocycles. The minimum atomic E-state index is -0.926. The number of aliphatic hydroxyl groups is 1. The second-order valence-electron chi connectivity index (χ2n) is 9.12. The Hall–Kier alpha value is -4.16. The number of hydrogen-bond acceptors (Lipinski definition) is 5. The predicted octanol–water partition coefficient (Wildman–Crippen LogP) is 2.86. The smallest absolute Gasteiger partial charge is 0.342 e. The number of hydrogen-bond donors (Lipinski definition) is 2. The van der Waals surface area contributed by atoms with Crippen LogP contribution in [0.5, 0.6) is 5.75 Å². The molecule has 184 valence electrons. The summed E-state index contributed by atoms with van der Waals surface area (Å²) in [7, 11) is 1.61. The molecule has 2 aliphatic rings. The molecule has 1 saturated carbocycles. The largest absolute Gasteiger partial charge is 0.489 e. The fourth-order valence-corrected chi connectivity index (χ4v) is 4.12.